The number of nitrogens with two attached hydrogens (primary N) is 1. The second-order valence-corrected chi connectivity index (χ2v) is 23.4. The van der Waals surface area contributed by atoms with Gasteiger partial charge >= 0.3 is 18.2 Å². The van der Waals surface area contributed by atoms with Crippen LogP contribution in [0.4, 0.5) is 25.4 Å². The average Bonchev–Trinajstić information content (AvgIpc) is 3.36. The first-order chi connectivity index (χ1) is 41.9. The van der Waals surface area contributed by atoms with Gasteiger partial charge in [-0.15, -0.1) is 0 Å². The maximum absolute atomic E-state index is 13.5. The van der Waals surface area contributed by atoms with Crippen LogP contribution in [0.2, 0.25) is 0 Å². The Kier molecular flexibility index (Phi) is 17.6. The highest BCUT2D eigenvalue weighted by molar-refractivity contribution is 6.11. The number of aromatic carboxylic acids is 1. The number of nitrogens with zero attached hydrogens (tertiary/aromatic N) is 8. The van der Waals surface area contributed by atoms with Crippen LogP contribution in [0.25, 0.3) is 65.9 Å². The number of nitrogen functional groups attached to an aromatic ring is 1. The first-order valence-electron chi connectivity index (χ1n) is 28.8. The molecule has 0 spiro atoms. The number of nitrogens with one attached hydrogen (secondary N) is 3. The molecular formula is C65H69FN12O9. The molecule has 3 amide bonds. The van der Waals surface area contributed by atoms with Crippen molar-refractivity contribution >= 4 is 78.8 Å². The van der Waals surface area contributed by atoms with Gasteiger partial charge in [0.1, 0.15) is 11.2 Å². The number of alkyl halides is 1. The van der Waals surface area contributed by atoms with Gasteiger partial charge in [-0.1, -0.05) is 84.9 Å². The fourth-order valence-corrected chi connectivity index (χ4v) is 10.5. The fraction of sp³-hybridized carbons (Fsp3) is 0.292. The molecule has 4 aromatic heterocycles. The van der Waals surface area contributed by atoms with Crippen LogP contribution in [0, 0.1) is 25.7 Å². The summed E-state index contributed by atoms with van der Waals surface area (Å²) in [4.78, 5) is 76.4. The summed E-state index contributed by atoms with van der Waals surface area (Å²) in [5.41, 5.74) is 12.9. The van der Waals surface area contributed by atoms with Crippen LogP contribution in [0.5, 0.6) is 0 Å². The van der Waals surface area contributed by atoms with E-state index >= 15 is 0 Å². The molecule has 22 heteroatoms. The summed E-state index contributed by atoms with van der Waals surface area (Å²) in [7, 11) is -1.00. The number of para-hydroxylation sites is 2. The zero-order valence-electron chi connectivity index (χ0n) is 50.6. The molecular weight excluding hydrogens is 1110 g/mol. The number of halogens is 1. The fourth-order valence-electron chi connectivity index (χ4n) is 10.5. The Morgan fingerprint density at radius 1 is 0.609 bits per heavy atom. The normalized spacial score (nSPS) is 13.5. The number of hydrogen-bond donors (Lipinski definition) is 5. The molecule has 12 rings (SSSR count). The van der Waals surface area contributed by atoms with E-state index in [9.17, 15) is 38.3 Å². The highest BCUT2D eigenvalue weighted by Gasteiger charge is 2.36. The van der Waals surface area contributed by atoms with Gasteiger partial charge in [-0.3, -0.25) is 28.1 Å². The van der Waals surface area contributed by atoms with Gasteiger partial charge in [-0.2, -0.15) is 20.4 Å². The van der Waals surface area contributed by atoms with Gasteiger partial charge in [0.2, 0.25) is 0 Å². The third-order valence-corrected chi connectivity index (χ3v) is 14.5. The van der Waals surface area contributed by atoms with E-state index in [1.807, 2.05) is 169 Å². The number of H-pyrrole nitrogens is 2. The van der Waals surface area contributed by atoms with Crippen LogP contribution < -0.4 is 22.2 Å². The lowest BCUT2D eigenvalue weighted by molar-refractivity contribution is -0.00443. The Balaban J connectivity index is 0.000000169. The minimum atomic E-state index is -1.03. The van der Waals surface area contributed by atoms with Crippen molar-refractivity contribution < 1.29 is 39.5 Å². The Bertz CT molecular complexity index is 4360. The number of amides is 3. The lowest BCUT2D eigenvalue weighted by Gasteiger charge is -2.39. The number of carbonyl (C=O) groups is 4. The van der Waals surface area contributed by atoms with E-state index in [4.69, 9.17) is 21.7 Å². The number of rotatable bonds is 9. The molecule has 6 aromatic carbocycles. The minimum Gasteiger partial charge on any atom is -0.476 e. The van der Waals surface area contributed by atoms with E-state index in [0.717, 1.165) is 60.8 Å². The Morgan fingerprint density at radius 3 is 1.43 bits per heavy atom. The number of ether oxygens (including phenoxy) is 2. The zero-order valence-corrected chi connectivity index (χ0v) is 49.6. The number of carboxylic acids is 1. The predicted molar refractivity (Wildman–Crippen MR) is 333 cm³/mol. The molecule has 0 unspecified atom stereocenters. The van der Waals surface area contributed by atoms with E-state index < -0.39 is 24.3 Å². The minimum absolute atomic E-state index is 0.0638. The van der Waals surface area contributed by atoms with Crippen LogP contribution in [0.15, 0.2) is 143 Å². The largest absolute Gasteiger partial charge is 0.476 e. The molecule has 2 saturated heterocycles. The monoisotopic (exact) mass is 1180 g/mol. The van der Waals surface area contributed by atoms with Gasteiger partial charge in [-0.25, -0.2) is 24.6 Å². The summed E-state index contributed by atoms with van der Waals surface area (Å²) in [6, 6.07) is 41.0. The van der Waals surface area contributed by atoms with Crippen molar-refractivity contribution in [3.8, 4) is 22.5 Å². The summed E-state index contributed by atoms with van der Waals surface area (Å²) in [5.74, 6) is -0.894. The number of anilines is 2. The number of aryl methyl sites for hydroxylation is 2. The van der Waals surface area contributed by atoms with Crippen LogP contribution >= 0.6 is 0 Å². The van der Waals surface area contributed by atoms with Gasteiger partial charge in [-0.05, 0) is 115 Å². The topological polar surface area (TPSA) is 279 Å². The third kappa shape index (κ3) is 14.0. The van der Waals surface area contributed by atoms with E-state index in [0.29, 0.717) is 72.5 Å². The number of aromatic nitrogens is 8. The van der Waals surface area contributed by atoms with E-state index in [1.54, 1.807) is 38.7 Å². The van der Waals surface area contributed by atoms with Crippen LogP contribution in [-0.2, 0) is 22.6 Å². The van der Waals surface area contributed by atoms with Gasteiger partial charge in [0, 0.05) is 95.2 Å². The van der Waals surface area contributed by atoms with Crippen molar-refractivity contribution in [3.05, 3.63) is 177 Å². The summed E-state index contributed by atoms with van der Waals surface area (Å²) in [6.07, 6.45) is -0.620. The van der Waals surface area contributed by atoms with Gasteiger partial charge in [0.15, 0.2) is 11.4 Å². The molecule has 0 atom stereocenters. The van der Waals surface area contributed by atoms with Crippen molar-refractivity contribution in [1.29, 1.82) is 0 Å². The first-order valence-corrected chi connectivity index (χ1v) is 28.1. The van der Waals surface area contributed by atoms with Crippen molar-refractivity contribution in [2.24, 2.45) is 11.8 Å². The van der Waals surface area contributed by atoms with Crippen LogP contribution in [0.3, 0.4) is 0 Å². The summed E-state index contributed by atoms with van der Waals surface area (Å²) in [6.45, 7) is 18.5. The Hall–Kier alpha value is -10.3. The maximum Gasteiger partial charge on any atom is 0.410 e. The maximum atomic E-state index is 13.5. The summed E-state index contributed by atoms with van der Waals surface area (Å²) < 4.78 is 29.9. The summed E-state index contributed by atoms with van der Waals surface area (Å²) >= 11 is 0. The zero-order chi connectivity index (χ0) is 63.2. The van der Waals surface area contributed by atoms with Crippen LogP contribution in [-0.4, -0.2) is 123 Å². The van der Waals surface area contributed by atoms with E-state index in [1.165, 1.54) is 0 Å². The molecule has 0 saturated carbocycles. The van der Waals surface area contributed by atoms with Gasteiger partial charge in [0.25, 0.3) is 17.0 Å². The van der Waals surface area contributed by atoms with Crippen molar-refractivity contribution in [3.63, 3.8) is 0 Å². The molecule has 2 aliphatic rings. The standard InChI is InChI=1S/C32H32N6O4.C17H21N3O4.C15H13N3O.CH3F/c1-19-15-21(13-14-22(19)27-23-9-5-6-10-24(23)29(39)35-34-27)33-30(40)28-25-11-7-8-12-26(25)38(36-28)18-20-16-37(17-20)31(41)42-32(2,3)4;1-17(2,3)24-16(23)19-8-11(9-19)10-20-13-7-5-4-6-12(13)14(18-20)15(21)22;1-9-8-10(16)6-7-11(9)14-12-4-2-3-5-13(12)15(19)18-17-14;1-2/h5-15,20H,16-18H2,1-4H3,(H,33,40)(H,35,39);4-7,11H,8-10H2,1-3H3,(H,21,22);2-8H,16H2,1H3,(H,18,19);1H3/i;;;1D. The first kappa shape index (κ1) is 59.9. The highest BCUT2D eigenvalue weighted by atomic mass is 19.1. The second-order valence-electron chi connectivity index (χ2n) is 23.4. The average molecular weight is 1180 g/mol. The number of fused-ring (bicyclic) bond motifs is 4. The lowest BCUT2D eigenvalue weighted by Crippen LogP contribution is -2.52. The van der Waals surface area contributed by atoms with Gasteiger partial charge < -0.3 is 35.4 Å². The van der Waals surface area contributed by atoms with Crippen molar-refractivity contribution in [2.75, 3.05) is 44.4 Å². The lowest BCUT2D eigenvalue weighted by atomic mass is 10.0. The quantitative estimate of drug-likeness (QED) is 0.0841. The van der Waals surface area contributed by atoms with Crippen molar-refractivity contribution in [2.45, 2.75) is 79.7 Å². The van der Waals surface area contributed by atoms with E-state index in [2.05, 4.69) is 30.8 Å². The Labute approximate surface area is 501 Å². The summed E-state index contributed by atoms with van der Waals surface area (Å²) in [5, 5.41) is 39.0. The number of hydrogen-bond acceptors (Lipinski definition) is 13. The molecule has 0 radical (unpaired) electrons. The molecule has 10 aromatic rings. The SMILES string of the molecule is CC(C)(C)OC(=O)N1CC(Cn2nc(C(=O)O)c3ccccc32)C1.Cc1cc(N)ccc1-c1n[nH]c(=O)c2ccccc12.Cc1cc(NC(=O)c2nn(CC3CN(C(=O)OC(C)(C)C)C3)c3ccccc23)ccc1-c1n[nH]c(=O)c2ccccc12.[2H]CF. The number of carbonyl (C=O) groups excluding carboxylic acids is 3. The molecule has 450 valence electrons. The number of carboxylic acid groups (broad SMARTS) is 1. The predicted octanol–water partition coefficient (Wildman–Crippen LogP) is 11.0. The number of likely N-dealkylation sites (tertiary alicyclic amines) is 2. The Morgan fingerprint density at radius 2 is 1.00 bits per heavy atom. The number of benzene rings is 6. The molecule has 6 N–H and O–H groups in total. The highest BCUT2D eigenvalue weighted by Crippen LogP contribution is 2.32. The third-order valence-electron chi connectivity index (χ3n) is 14.5. The van der Waals surface area contributed by atoms with Gasteiger partial charge in [0.05, 0.1) is 41.7 Å². The molecule has 6 heterocycles. The van der Waals surface area contributed by atoms with Crippen LogP contribution in [0.1, 0.15) is 75.0 Å². The molecule has 87 heavy (non-hydrogen) atoms. The number of aromatic amines is 2. The smallest absolute Gasteiger partial charge is 0.410 e. The van der Waals surface area contributed by atoms with Crippen molar-refractivity contribution in [1.82, 2.24) is 49.8 Å². The molecule has 21 nitrogen and oxygen atoms in total. The second kappa shape index (κ2) is 25.5. The molecule has 2 fully saturated rings. The van der Waals surface area contributed by atoms with E-state index in [-0.39, 0.29) is 46.7 Å². The molecule has 0 aliphatic carbocycles. The molecule has 0 bridgehead atoms. The molecule has 2 aliphatic heterocycles.